The summed E-state index contributed by atoms with van der Waals surface area (Å²) in [4.78, 5) is 19.0. The van der Waals surface area contributed by atoms with Crippen LogP contribution in [0.3, 0.4) is 0 Å². The van der Waals surface area contributed by atoms with Crippen molar-refractivity contribution in [3.05, 3.63) is 70.2 Å². The zero-order valence-electron chi connectivity index (χ0n) is 15.0. The average Bonchev–Trinajstić information content (AvgIpc) is 3.19. The van der Waals surface area contributed by atoms with Gasteiger partial charge in [-0.1, -0.05) is 29.8 Å². The summed E-state index contributed by atoms with van der Waals surface area (Å²) in [6, 6.07) is 14.0. The summed E-state index contributed by atoms with van der Waals surface area (Å²) in [5.41, 5.74) is 0.950. The Hall–Kier alpha value is -2.41. The van der Waals surface area contributed by atoms with Gasteiger partial charge in [-0.25, -0.2) is 4.98 Å². The second kappa shape index (κ2) is 7.54. The Morgan fingerprint density at radius 1 is 1.11 bits per heavy atom. The van der Waals surface area contributed by atoms with E-state index in [1.54, 1.807) is 40.6 Å². The van der Waals surface area contributed by atoms with Crippen LogP contribution in [0.1, 0.15) is 28.9 Å². The number of likely N-dealkylation sites (tertiary alicyclic amines) is 1. The molecule has 1 aliphatic rings. The van der Waals surface area contributed by atoms with Crippen LogP contribution in [-0.4, -0.2) is 39.1 Å². The first kappa shape index (κ1) is 18.9. The van der Waals surface area contributed by atoms with Gasteiger partial charge in [0, 0.05) is 34.6 Å². The molecule has 0 bridgehead atoms. The number of phenolic OH excluding ortho intramolecular Hbond substituents is 1. The summed E-state index contributed by atoms with van der Waals surface area (Å²) < 4.78 is 0. The van der Waals surface area contributed by atoms with Gasteiger partial charge in [0.05, 0.1) is 5.60 Å². The Labute approximate surface area is 171 Å². The fraction of sp³-hybridized carbons (Fsp3) is 0.238. The molecular formula is C21H19ClN2O3S. The smallest absolute Gasteiger partial charge is 0.273 e. The van der Waals surface area contributed by atoms with Crippen molar-refractivity contribution < 1.29 is 15.0 Å². The first-order valence-corrected chi connectivity index (χ1v) is 10.2. The zero-order valence-corrected chi connectivity index (χ0v) is 16.6. The minimum atomic E-state index is -1.02. The second-order valence-corrected chi connectivity index (χ2v) is 8.15. The topological polar surface area (TPSA) is 73.7 Å². The molecule has 0 aliphatic carbocycles. The lowest BCUT2D eigenvalue weighted by Gasteiger charge is -2.38. The van der Waals surface area contributed by atoms with Crippen LogP contribution in [0.5, 0.6) is 5.75 Å². The van der Waals surface area contributed by atoms with Gasteiger partial charge in [-0.15, -0.1) is 11.3 Å². The zero-order chi connectivity index (χ0) is 19.7. The molecule has 2 heterocycles. The molecule has 0 atom stereocenters. The van der Waals surface area contributed by atoms with Crippen LogP contribution in [0, 0.1) is 0 Å². The highest BCUT2D eigenvalue weighted by Crippen LogP contribution is 2.37. The van der Waals surface area contributed by atoms with Crippen LogP contribution >= 0.6 is 22.9 Å². The van der Waals surface area contributed by atoms with Crippen LogP contribution in [0.2, 0.25) is 5.02 Å². The van der Waals surface area contributed by atoms with Crippen LogP contribution in [-0.2, 0) is 5.60 Å². The van der Waals surface area contributed by atoms with Gasteiger partial charge in [-0.3, -0.25) is 4.79 Å². The lowest BCUT2D eigenvalue weighted by atomic mass is 9.84. The van der Waals surface area contributed by atoms with Crippen molar-refractivity contribution in [3.63, 3.8) is 0 Å². The van der Waals surface area contributed by atoms with E-state index in [-0.39, 0.29) is 11.7 Å². The molecule has 3 aromatic rings. The van der Waals surface area contributed by atoms with Gasteiger partial charge in [0.25, 0.3) is 5.91 Å². The number of carbonyl (C=O) groups excluding carboxylic acids is 1. The van der Waals surface area contributed by atoms with Crippen LogP contribution < -0.4 is 0 Å². The summed E-state index contributed by atoms with van der Waals surface area (Å²) in [7, 11) is 0. The molecule has 0 spiro atoms. The maximum Gasteiger partial charge on any atom is 0.273 e. The van der Waals surface area contributed by atoms with E-state index in [0.717, 1.165) is 10.6 Å². The van der Waals surface area contributed by atoms with E-state index in [2.05, 4.69) is 4.98 Å². The fourth-order valence-corrected chi connectivity index (χ4v) is 4.57. The van der Waals surface area contributed by atoms with E-state index in [4.69, 9.17) is 11.6 Å². The molecular weight excluding hydrogens is 396 g/mol. The van der Waals surface area contributed by atoms with Crippen LogP contribution in [0.25, 0.3) is 10.6 Å². The number of aromatic hydroxyl groups is 1. The number of phenols is 1. The monoisotopic (exact) mass is 414 g/mol. The predicted octanol–water partition coefficient (Wildman–Crippen LogP) is 4.29. The minimum absolute atomic E-state index is 0.137. The van der Waals surface area contributed by atoms with Crippen molar-refractivity contribution in [2.45, 2.75) is 18.4 Å². The highest BCUT2D eigenvalue weighted by molar-refractivity contribution is 7.13. The SMILES string of the molecule is O=C(c1csc(-c2ccc(O)cc2)n1)N1CCC(O)(c2ccccc2Cl)CC1. The van der Waals surface area contributed by atoms with Crippen molar-refractivity contribution in [1.29, 1.82) is 0 Å². The number of aromatic nitrogens is 1. The lowest BCUT2D eigenvalue weighted by Crippen LogP contribution is -2.45. The summed E-state index contributed by atoms with van der Waals surface area (Å²) >= 11 is 7.64. The Kier molecular flexibility index (Phi) is 5.10. The molecule has 4 rings (SSSR count). The average molecular weight is 415 g/mol. The fourth-order valence-electron chi connectivity index (χ4n) is 3.46. The molecule has 5 nitrogen and oxygen atoms in total. The Morgan fingerprint density at radius 2 is 1.79 bits per heavy atom. The number of nitrogens with zero attached hydrogens (tertiary/aromatic N) is 2. The first-order chi connectivity index (χ1) is 13.5. The van der Waals surface area contributed by atoms with Crippen molar-refractivity contribution >= 4 is 28.8 Å². The number of piperidine rings is 1. The van der Waals surface area contributed by atoms with Crippen molar-refractivity contribution in [3.8, 4) is 16.3 Å². The van der Waals surface area contributed by atoms with E-state index in [9.17, 15) is 15.0 Å². The van der Waals surface area contributed by atoms with Crippen LogP contribution in [0.15, 0.2) is 53.9 Å². The number of hydrogen-bond donors (Lipinski definition) is 2. The Bertz CT molecular complexity index is 995. The number of carbonyl (C=O) groups is 1. The van der Waals surface area contributed by atoms with E-state index >= 15 is 0 Å². The molecule has 1 amide bonds. The van der Waals surface area contributed by atoms with Gasteiger partial charge in [-0.2, -0.15) is 0 Å². The quantitative estimate of drug-likeness (QED) is 0.670. The molecule has 1 aromatic heterocycles. The molecule has 0 unspecified atom stereocenters. The van der Waals surface area contributed by atoms with Crippen LogP contribution in [0.4, 0.5) is 0 Å². The Morgan fingerprint density at radius 3 is 2.46 bits per heavy atom. The third-order valence-electron chi connectivity index (χ3n) is 5.09. The van der Waals surface area contributed by atoms with Crippen molar-refractivity contribution in [2.75, 3.05) is 13.1 Å². The number of hydrogen-bond acceptors (Lipinski definition) is 5. The summed E-state index contributed by atoms with van der Waals surface area (Å²) in [5, 5.41) is 23.4. The number of aliphatic hydroxyl groups is 1. The van der Waals surface area contributed by atoms with E-state index in [1.807, 2.05) is 18.2 Å². The van der Waals surface area contributed by atoms with Gasteiger partial charge in [0.1, 0.15) is 16.5 Å². The number of rotatable bonds is 3. The molecule has 2 N–H and O–H groups in total. The maximum absolute atomic E-state index is 12.8. The summed E-state index contributed by atoms with van der Waals surface area (Å²) in [5.74, 6) is 0.0541. The number of amides is 1. The third-order valence-corrected chi connectivity index (χ3v) is 6.31. The van der Waals surface area contributed by atoms with Gasteiger partial charge in [0.15, 0.2) is 0 Å². The summed E-state index contributed by atoms with van der Waals surface area (Å²) in [6.45, 7) is 0.874. The largest absolute Gasteiger partial charge is 0.508 e. The molecule has 0 radical (unpaired) electrons. The highest BCUT2D eigenvalue weighted by Gasteiger charge is 2.37. The van der Waals surface area contributed by atoms with Gasteiger partial charge < -0.3 is 15.1 Å². The molecule has 2 aromatic carbocycles. The summed E-state index contributed by atoms with van der Waals surface area (Å²) in [6.07, 6.45) is 0.856. The highest BCUT2D eigenvalue weighted by atomic mass is 35.5. The second-order valence-electron chi connectivity index (χ2n) is 6.89. The Balaban J connectivity index is 1.46. The molecule has 0 saturated carbocycles. The minimum Gasteiger partial charge on any atom is -0.508 e. The number of thiazole rings is 1. The molecule has 1 fully saturated rings. The molecule has 1 aliphatic heterocycles. The predicted molar refractivity (Wildman–Crippen MR) is 110 cm³/mol. The molecule has 1 saturated heterocycles. The van der Waals surface area contributed by atoms with Gasteiger partial charge in [0.2, 0.25) is 0 Å². The molecule has 7 heteroatoms. The number of halogens is 1. The normalized spacial score (nSPS) is 16.1. The van der Waals surface area contributed by atoms with E-state index < -0.39 is 5.60 Å². The maximum atomic E-state index is 12.8. The van der Waals surface area contributed by atoms with Gasteiger partial charge in [-0.05, 0) is 43.2 Å². The third kappa shape index (κ3) is 3.63. The molecule has 144 valence electrons. The standard InChI is InChI=1S/C21H19ClN2O3S/c22-17-4-2-1-3-16(17)21(27)9-11-24(12-10-21)20(26)18-13-28-19(23-18)14-5-7-15(25)8-6-14/h1-8,13,25,27H,9-12H2. The van der Waals surface area contributed by atoms with E-state index in [0.29, 0.717) is 42.2 Å². The lowest BCUT2D eigenvalue weighted by molar-refractivity contribution is -0.0211. The molecule has 28 heavy (non-hydrogen) atoms. The van der Waals surface area contributed by atoms with Crippen molar-refractivity contribution in [2.24, 2.45) is 0 Å². The van der Waals surface area contributed by atoms with Crippen molar-refractivity contribution in [1.82, 2.24) is 9.88 Å². The van der Waals surface area contributed by atoms with E-state index in [1.165, 1.54) is 11.3 Å². The first-order valence-electron chi connectivity index (χ1n) is 8.98. The van der Waals surface area contributed by atoms with Gasteiger partial charge >= 0.3 is 0 Å². The number of benzene rings is 2.